The van der Waals surface area contributed by atoms with Gasteiger partial charge in [-0.1, -0.05) is 37.8 Å². The highest BCUT2D eigenvalue weighted by Gasteiger charge is 2.19. The van der Waals surface area contributed by atoms with E-state index in [1.807, 2.05) is 6.92 Å². The lowest BCUT2D eigenvalue weighted by atomic mass is 9.81. The van der Waals surface area contributed by atoms with Crippen molar-refractivity contribution >= 4 is 23.0 Å². The van der Waals surface area contributed by atoms with Crippen LogP contribution in [0.25, 0.3) is 0 Å². The molecule has 0 heterocycles. The fourth-order valence-corrected chi connectivity index (χ4v) is 3.46. The topological polar surface area (TPSA) is 55.2 Å². The van der Waals surface area contributed by atoms with Gasteiger partial charge < -0.3 is 5.32 Å². The third-order valence-corrected chi connectivity index (χ3v) is 4.71. The number of hydrogen-bond donors (Lipinski definition) is 1. The second-order valence-corrected chi connectivity index (χ2v) is 6.64. The molecule has 1 aliphatic rings. The van der Waals surface area contributed by atoms with Gasteiger partial charge in [-0.05, 0) is 43.2 Å². The molecule has 1 N–H and O–H groups in total. The Kier molecular flexibility index (Phi) is 5.45. The van der Waals surface area contributed by atoms with Crippen LogP contribution >= 0.6 is 11.6 Å². The van der Waals surface area contributed by atoms with Gasteiger partial charge in [-0.25, -0.2) is 0 Å². The molecule has 0 amide bonds. The van der Waals surface area contributed by atoms with E-state index in [1.54, 1.807) is 6.07 Å². The van der Waals surface area contributed by atoms with Crippen LogP contribution in [0.5, 0.6) is 0 Å². The van der Waals surface area contributed by atoms with Crippen LogP contribution in [-0.4, -0.2) is 11.5 Å². The van der Waals surface area contributed by atoms with Crippen LogP contribution in [0.1, 0.15) is 44.6 Å². The van der Waals surface area contributed by atoms with Gasteiger partial charge >= 0.3 is 0 Å². The molecule has 1 aromatic rings. The van der Waals surface area contributed by atoms with E-state index in [0.29, 0.717) is 0 Å². The first-order valence-corrected chi connectivity index (χ1v) is 8.03. The predicted molar refractivity (Wildman–Crippen MR) is 87.1 cm³/mol. The average molecular weight is 311 g/mol. The molecule has 0 spiro atoms. The highest BCUT2D eigenvalue weighted by atomic mass is 35.5. The maximum absolute atomic E-state index is 10.8. The number of nitro groups is 1. The molecule has 0 aliphatic heterocycles. The van der Waals surface area contributed by atoms with Crippen LogP contribution in [-0.2, 0) is 0 Å². The summed E-state index contributed by atoms with van der Waals surface area (Å²) in [6, 6.07) is 3.20. The lowest BCUT2D eigenvalue weighted by Gasteiger charge is -2.26. The van der Waals surface area contributed by atoms with E-state index < -0.39 is 4.92 Å². The molecule has 2 rings (SSSR count). The Bertz CT molecular complexity index is 519. The van der Waals surface area contributed by atoms with Crippen LogP contribution in [0, 0.1) is 28.9 Å². The number of nitrogens with zero attached hydrogens (tertiary/aromatic N) is 1. The van der Waals surface area contributed by atoms with Crippen LogP contribution in [0.2, 0.25) is 5.02 Å². The van der Waals surface area contributed by atoms with Crippen molar-refractivity contribution in [3.05, 3.63) is 32.8 Å². The van der Waals surface area contributed by atoms with E-state index in [1.165, 1.54) is 31.7 Å². The summed E-state index contributed by atoms with van der Waals surface area (Å²) in [5, 5.41) is 14.4. The molecule has 0 radical (unpaired) electrons. The van der Waals surface area contributed by atoms with Crippen molar-refractivity contribution in [2.45, 2.75) is 46.0 Å². The molecule has 1 aliphatic carbocycles. The van der Waals surface area contributed by atoms with Crippen molar-refractivity contribution in [1.29, 1.82) is 0 Å². The highest BCUT2D eigenvalue weighted by Crippen LogP contribution is 2.32. The molecule has 1 fully saturated rings. The van der Waals surface area contributed by atoms with Crippen molar-refractivity contribution in [1.82, 2.24) is 0 Å². The summed E-state index contributed by atoms with van der Waals surface area (Å²) >= 11 is 5.96. The molecule has 5 heteroatoms. The fourth-order valence-electron chi connectivity index (χ4n) is 3.23. The number of hydrogen-bond acceptors (Lipinski definition) is 3. The van der Waals surface area contributed by atoms with Gasteiger partial charge in [-0.2, -0.15) is 0 Å². The first-order valence-electron chi connectivity index (χ1n) is 7.65. The standard InChI is InChI=1S/C16H23ClN2O2/c1-11-4-3-5-13(8-11)6-7-18-15-10-14(17)16(19(20)21)9-12(15)2/h9-11,13,18H,3-8H2,1-2H3. The Labute approximate surface area is 131 Å². The molecule has 1 aromatic carbocycles. The van der Waals surface area contributed by atoms with E-state index in [9.17, 15) is 10.1 Å². The van der Waals surface area contributed by atoms with Crippen LogP contribution < -0.4 is 5.32 Å². The van der Waals surface area contributed by atoms with Crippen molar-refractivity contribution < 1.29 is 4.92 Å². The Morgan fingerprint density at radius 2 is 2.19 bits per heavy atom. The normalized spacial score (nSPS) is 22.0. The highest BCUT2D eigenvalue weighted by molar-refractivity contribution is 6.33. The number of rotatable bonds is 5. The number of benzene rings is 1. The van der Waals surface area contributed by atoms with Gasteiger partial charge in [-0.15, -0.1) is 0 Å². The summed E-state index contributed by atoms with van der Waals surface area (Å²) in [6.07, 6.45) is 6.50. The third-order valence-electron chi connectivity index (χ3n) is 4.40. The third kappa shape index (κ3) is 4.34. The van der Waals surface area contributed by atoms with E-state index in [2.05, 4.69) is 12.2 Å². The van der Waals surface area contributed by atoms with Crippen molar-refractivity contribution in [3.63, 3.8) is 0 Å². The molecule has 0 saturated heterocycles. The summed E-state index contributed by atoms with van der Waals surface area (Å²) < 4.78 is 0. The lowest BCUT2D eigenvalue weighted by molar-refractivity contribution is -0.384. The lowest BCUT2D eigenvalue weighted by Crippen LogP contribution is -2.16. The first kappa shape index (κ1) is 16.1. The summed E-state index contributed by atoms with van der Waals surface area (Å²) in [4.78, 5) is 10.4. The van der Waals surface area contributed by atoms with Crippen LogP contribution in [0.4, 0.5) is 11.4 Å². The zero-order valence-corrected chi connectivity index (χ0v) is 13.4. The zero-order chi connectivity index (χ0) is 15.4. The zero-order valence-electron chi connectivity index (χ0n) is 12.7. The maximum atomic E-state index is 10.8. The second kappa shape index (κ2) is 7.12. The number of anilines is 1. The Balaban J connectivity index is 1.91. The smallest absolute Gasteiger partial charge is 0.288 e. The minimum absolute atomic E-state index is 0.0270. The predicted octanol–water partition coefficient (Wildman–Crippen LogP) is 5.18. The molecule has 0 aromatic heterocycles. The monoisotopic (exact) mass is 310 g/mol. The Morgan fingerprint density at radius 3 is 2.86 bits per heavy atom. The quantitative estimate of drug-likeness (QED) is 0.602. The van der Waals surface area contributed by atoms with Gasteiger partial charge in [0.1, 0.15) is 5.02 Å². The average Bonchev–Trinajstić information content (AvgIpc) is 2.42. The van der Waals surface area contributed by atoms with Gasteiger partial charge in [-0.3, -0.25) is 10.1 Å². The van der Waals surface area contributed by atoms with Gasteiger partial charge in [0.15, 0.2) is 0 Å². The summed E-state index contributed by atoms with van der Waals surface area (Å²) in [6.45, 7) is 5.10. The molecule has 2 unspecified atom stereocenters. The van der Waals surface area contributed by atoms with Crippen molar-refractivity contribution in [2.75, 3.05) is 11.9 Å². The van der Waals surface area contributed by atoms with Crippen molar-refractivity contribution in [3.8, 4) is 0 Å². The fraction of sp³-hybridized carbons (Fsp3) is 0.625. The summed E-state index contributed by atoms with van der Waals surface area (Å²) in [5.41, 5.74) is 1.73. The second-order valence-electron chi connectivity index (χ2n) is 6.23. The van der Waals surface area contributed by atoms with Crippen LogP contribution in [0.15, 0.2) is 12.1 Å². The number of nitro benzene ring substituents is 1. The number of nitrogens with one attached hydrogen (secondary N) is 1. The Morgan fingerprint density at radius 1 is 1.43 bits per heavy atom. The SMILES string of the molecule is Cc1cc([N+](=O)[O-])c(Cl)cc1NCCC1CCCC(C)C1. The minimum atomic E-state index is -0.442. The summed E-state index contributed by atoms with van der Waals surface area (Å²) in [5.74, 6) is 1.65. The van der Waals surface area contributed by atoms with E-state index in [0.717, 1.165) is 36.1 Å². The van der Waals surface area contributed by atoms with Crippen molar-refractivity contribution in [2.24, 2.45) is 11.8 Å². The van der Waals surface area contributed by atoms with Gasteiger partial charge in [0.05, 0.1) is 4.92 Å². The maximum Gasteiger partial charge on any atom is 0.288 e. The molecule has 116 valence electrons. The first-order chi connectivity index (χ1) is 9.97. The summed E-state index contributed by atoms with van der Waals surface area (Å²) in [7, 11) is 0. The van der Waals surface area contributed by atoms with E-state index in [4.69, 9.17) is 11.6 Å². The molecular formula is C16H23ClN2O2. The van der Waals surface area contributed by atoms with E-state index in [-0.39, 0.29) is 10.7 Å². The molecule has 2 atom stereocenters. The molecular weight excluding hydrogens is 288 g/mol. The van der Waals surface area contributed by atoms with Gasteiger partial charge in [0.25, 0.3) is 5.69 Å². The molecule has 1 saturated carbocycles. The Hall–Kier alpha value is -1.29. The minimum Gasteiger partial charge on any atom is -0.385 e. The molecule has 4 nitrogen and oxygen atoms in total. The number of halogens is 1. The van der Waals surface area contributed by atoms with Gasteiger partial charge in [0, 0.05) is 18.3 Å². The molecule has 21 heavy (non-hydrogen) atoms. The van der Waals surface area contributed by atoms with E-state index >= 15 is 0 Å². The largest absolute Gasteiger partial charge is 0.385 e. The van der Waals surface area contributed by atoms with Crippen LogP contribution in [0.3, 0.4) is 0 Å². The molecule has 0 bridgehead atoms. The van der Waals surface area contributed by atoms with Gasteiger partial charge in [0.2, 0.25) is 0 Å². The number of aryl methyl sites for hydroxylation is 1.